The lowest BCUT2D eigenvalue weighted by Gasteiger charge is -2.03. The second kappa shape index (κ2) is 5.63. The van der Waals surface area contributed by atoms with Crippen molar-refractivity contribution in [1.29, 1.82) is 0 Å². The van der Waals surface area contributed by atoms with Crippen LogP contribution >= 0.6 is 11.8 Å². The van der Waals surface area contributed by atoms with E-state index >= 15 is 0 Å². The topological polar surface area (TPSA) is 128 Å². The quantitative estimate of drug-likeness (QED) is 0.650. The zero-order valence-electron chi connectivity index (χ0n) is 10.4. The highest BCUT2D eigenvalue weighted by Gasteiger charge is 2.35. The Hall–Kier alpha value is -2.63. The Balaban J connectivity index is 2.35. The van der Waals surface area contributed by atoms with Gasteiger partial charge in [-0.2, -0.15) is 18.2 Å². The van der Waals surface area contributed by atoms with Crippen LogP contribution in [0.2, 0.25) is 0 Å². The molecule has 0 unspecified atom stereocenters. The predicted molar refractivity (Wildman–Crippen MR) is 67.1 cm³/mol. The highest BCUT2D eigenvalue weighted by molar-refractivity contribution is 7.99. The molecule has 12 heteroatoms. The molecule has 0 aliphatic carbocycles. The third-order valence-electron chi connectivity index (χ3n) is 2.37. The number of aromatic amines is 1. The predicted octanol–water partition coefficient (Wildman–Crippen LogP) is 1.98. The monoisotopic (exact) mass is 333 g/mol. The first-order chi connectivity index (χ1) is 10.2. The SMILES string of the molecule is NC(=O)c1cc([N+](=O)[O-])ccc1Sc1n[nH]c(C(F)(F)F)n1. The number of rotatable bonds is 4. The maximum Gasteiger partial charge on any atom is 0.451 e. The average Bonchev–Trinajstić information content (AvgIpc) is 2.87. The molecule has 0 atom stereocenters. The van der Waals surface area contributed by atoms with E-state index in [1.165, 1.54) is 6.07 Å². The second-order valence-corrected chi connectivity index (χ2v) is 4.88. The standard InChI is InChI=1S/C10H6F3N5O3S/c11-10(12,13)8-15-9(17-16-8)22-6-2-1-4(18(20)21)3-5(6)7(14)19/h1-3H,(H2,14,19)(H,15,16,17). The van der Waals surface area contributed by atoms with E-state index in [9.17, 15) is 28.1 Å². The van der Waals surface area contributed by atoms with Gasteiger partial charge in [-0.05, 0) is 17.8 Å². The number of nitrogens with zero attached hydrogens (tertiary/aromatic N) is 3. The van der Waals surface area contributed by atoms with Gasteiger partial charge in [0.05, 0.1) is 10.5 Å². The fourth-order valence-corrected chi connectivity index (χ4v) is 2.26. The molecule has 0 aliphatic heterocycles. The molecular formula is C10H6F3N5O3S. The maximum absolute atomic E-state index is 12.4. The van der Waals surface area contributed by atoms with Crippen LogP contribution in [0.15, 0.2) is 28.3 Å². The molecule has 0 saturated heterocycles. The fourth-order valence-electron chi connectivity index (χ4n) is 1.43. The Kier molecular flexibility index (Phi) is 4.03. The van der Waals surface area contributed by atoms with Gasteiger partial charge in [-0.1, -0.05) is 0 Å². The molecular weight excluding hydrogens is 327 g/mol. The van der Waals surface area contributed by atoms with Gasteiger partial charge in [-0.15, -0.1) is 5.10 Å². The van der Waals surface area contributed by atoms with Gasteiger partial charge in [-0.25, -0.2) is 0 Å². The van der Waals surface area contributed by atoms with E-state index in [0.29, 0.717) is 11.8 Å². The van der Waals surface area contributed by atoms with Gasteiger partial charge in [-0.3, -0.25) is 20.0 Å². The number of nitro benzene ring substituents is 1. The van der Waals surface area contributed by atoms with E-state index in [2.05, 4.69) is 10.1 Å². The lowest BCUT2D eigenvalue weighted by atomic mass is 10.2. The summed E-state index contributed by atoms with van der Waals surface area (Å²) < 4.78 is 37.2. The Bertz CT molecular complexity index is 746. The van der Waals surface area contributed by atoms with Crippen molar-refractivity contribution in [3.63, 3.8) is 0 Å². The first-order valence-electron chi connectivity index (χ1n) is 5.44. The molecule has 2 aromatic rings. The largest absolute Gasteiger partial charge is 0.451 e. The Morgan fingerprint density at radius 3 is 2.59 bits per heavy atom. The van der Waals surface area contributed by atoms with Crippen molar-refractivity contribution in [1.82, 2.24) is 15.2 Å². The van der Waals surface area contributed by atoms with Crippen LogP contribution in [0.1, 0.15) is 16.2 Å². The van der Waals surface area contributed by atoms with E-state index in [0.717, 1.165) is 12.1 Å². The number of carbonyl (C=O) groups is 1. The number of aromatic nitrogens is 3. The van der Waals surface area contributed by atoms with Gasteiger partial charge in [0.1, 0.15) is 0 Å². The maximum atomic E-state index is 12.4. The van der Waals surface area contributed by atoms with Crippen molar-refractivity contribution >= 4 is 23.4 Å². The molecule has 22 heavy (non-hydrogen) atoms. The molecule has 0 spiro atoms. The van der Waals surface area contributed by atoms with E-state index in [1.54, 1.807) is 5.10 Å². The normalized spacial score (nSPS) is 11.4. The molecule has 1 amide bonds. The van der Waals surface area contributed by atoms with Gasteiger partial charge < -0.3 is 5.73 Å². The van der Waals surface area contributed by atoms with Crippen molar-refractivity contribution < 1.29 is 22.9 Å². The summed E-state index contributed by atoms with van der Waals surface area (Å²) in [5.74, 6) is -2.25. The number of halogens is 3. The molecule has 1 aromatic carbocycles. The number of H-pyrrole nitrogens is 1. The van der Waals surface area contributed by atoms with Crippen molar-refractivity contribution in [2.45, 2.75) is 16.2 Å². The summed E-state index contributed by atoms with van der Waals surface area (Å²) in [5.41, 5.74) is 4.53. The van der Waals surface area contributed by atoms with Crippen LogP contribution in [-0.4, -0.2) is 26.0 Å². The molecule has 116 valence electrons. The van der Waals surface area contributed by atoms with E-state index in [4.69, 9.17) is 5.73 Å². The number of nitrogens with two attached hydrogens (primary N) is 1. The number of primary amides is 1. The number of amides is 1. The minimum Gasteiger partial charge on any atom is -0.366 e. The third-order valence-corrected chi connectivity index (χ3v) is 3.32. The summed E-state index contributed by atoms with van der Waals surface area (Å²) in [4.78, 5) is 24.6. The number of benzene rings is 1. The summed E-state index contributed by atoms with van der Waals surface area (Å²) in [6, 6.07) is 3.21. The van der Waals surface area contributed by atoms with Crippen molar-refractivity contribution in [3.05, 3.63) is 39.7 Å². The lowest BCUT2D eigenvalue weighted by Crippen LogP contribution is -2.12. The van der Waals surface area contributed by atoms with Gasteiger partial charge in [0, 0.05) is 17.0 Å². The van der Waals surface area contributed by atoms with E-state index in [-0.39, 0.29) is 21.3 Å². The number of non-ortho nitro benzene ring substituents is 1. The third kappa shape index (κ3) is 3.33. The summed E-state index contributed by atoms with van der Waals surface area (Å²) in [7, 11) is 0. The van der Waals surface area contributed by atoms with Gasteiger partial charge >= 0.3 is 6.18 Å². The molecule has 0 saturated carbocycles. The zero-order valence-corrected chi connectivity index (χ0v) is 11.2. The first-order valence-corrected chi connectivity index (χ1v) is 6.26. The van der Waals surface area contributed by atoms with Crippen LogP contribution in [0.3, 0.4) is 0 Å². The minimum absolute atomic E-state index is 0.103. The Morgan fingerprint density at radius 1 is 1.41 bits per heavy atom. The van der Waals surface area contributed by atoms with Crippen LogP contribution < -0.4 is 5.73 Å². The number of nitrogens with one attached hydrogen (secondary N) is 1. The molecule has 1 aromatic heterocycles. The molecule has 0 bridgehead atoms. The average molecular weight is 333 g/mol. The fraction of sp³-hybridized carbons (Fsp3) is 0.100. The highest BCUT2D eigenvalue weighted by Crippen LogP contribution is 2.32. The smallest absolute Gasteiger partial charge is 0.366 e. The van der Waals surface area contributed by atoms with Crippen molar-refractivity contribution in [2.24, 2.45) is 5.73 Å². The number of carbonyl (C=O) groups excluding carboxylic acids is 1. The number of hydrogen-bond donors (Lipinski definition) is 2. The van der Waals surface area contributed by atoms with E-state index in [1.807, 2.05) is 0 Å². The molecule has 0 aliphatic rings. The highest BCUT2D eigenvalue weighted by atomic mass is 32.2. The minimum atomic E-state index is -4.69. The molecule has 8 nitrogen and oxygen atoms in total. The Labute approximate surface area is 124 Å². The van der Waals surface area contributed by atoms with E-state index < -0.39 is 22.8 Å². The van der Waals surface area contributed by atoms with Crippen LogP contribution in [0.5, 0.6) is 0 Å². The summed E-state index contributed by atoms with van der Waals surface area (Å²) >= 11 is 0.623. The zero-order chi connectivity index (χ0) is 16.5. The van der Waals surface area contributed by atoms with Crippen LogP contribution in [0.4, 0.5) is 18.9 Å². The van der Waals surface area contributed by atoms with Gasteiger partial charge in [0.15, 0.2) is 0 Å². The molecule has 0 radical (unpaired) electrons. The summed E-state index contributed by atoms with van der Waals surface area (Å²) in [6.07, 6.45) is -4.69. The second-order valence-electron chi connectivity index (χ2n) is 3.87. The first kappa shape index (κ1) is 15.8. The number of hydrogen-bond acceptors (Lipinski definition) is 6. The number of nitro groups is 1. The molecule has 1 heterocycles. The molecule has 2 rings (SSSR count). The van der Waals surface area contributed by atoms with Crippen LogP contribution in [0.25, 0.3) is 0 Å². The lowest BCUT2D eigenvalue weighted by molar-refractivity contribution is -0.384. The number of alkyl halides is 3. The Morgan fingerprint density at radius 2 is 2.09 bits per heavy atom. The molecule has 3 N–H and O–H groups in total. The van der Waals surface area contributed by atoms with Crippen molar-refractivity contribution in [2.75, 3.05) is 0 Å². The van der Waals surface area contributed by atoms with Crippen LogP contribution in [-0.2, 0) is 6.18 Å². The molecule has 0 fully saturated rings. The van der Waals surface area contributed by atoms with Gasteiger partial charge in [0.25, 0.3) is 5.69 Å². The summed E-state index contributed by atoms with van der Waals surface area (Å²) in [5, 5.41) is 15.4. The van der Waals surface area contributed by atoms with Crippen molar-refractivity contribution in [3.8, 4) is 0 Å². The van der Waals surface area contributed by atoms with Crippen LogP contribution in [0, 0.1) is 10.1 Å². The summed E-state index contributed by atoms with van der Waals surface area (Å²) in [6.45, 7) is 0. The van der Waals surface area contributed by atoms with Gasteiger partial charge in [0.2, 0.25) is 16.9 Å².